The molecule has 0 spiro atoms. The Morgan fingerprint density at radius 1 is 0.226 bits per heavy atom. The average molecular weight is 792 g/mol. The van der Waals surface area contributed by atoms with Crippen LogP contribution in [0.2, 0.25) is 0 Å². The summed E-state index contributed by atoms with van der Waals surface area (Å²) in [5.74, 6) is 1.67. The van der Waals surface area contributed by atoms with E-state index in [-0.39, 0.29) is 0 Å². The Balaban J connectivity index is 1.15. The zero-order valence-corrected chi connectivity index (χ0v) is 33.6. The highest BCUT2D eigenvalue weighted by Gasteiger charge is 2.22. The number of nitrogens with zero attached hydrogens (tertiary/aromatic N) is 5. The number of rotatable bonds is 7. The molecule has 3 aromatic heterocycles. The summed E-state index contributed by atoms with van der Waals surface area (Å²) >= 11 is 0. The van der Waals surface area contributed by atoms with Gasteiger partial charge in [0.1, 0.15) is 0 Å². The van der Waals surface area contributed by atoms with Gasteiger partial charge in [-0.15, -0.1) is 0 Å². The Hall–Kier alpha value is -8.41. The molecule has 0 bridgehead atoms. The van der Waals surface area contributed by atoms with Crippen molar-refractivity contribution in [1.29, 1.82) is 0 Å². The van der Waals surface area contributed by atoms with Crippen molar-refractivity contribution in [3.63, 3.8) is 0 Å². The number of benzene rings is 9. The predicted molar refractivity (Wildman–Crippen MR) is 256 cm³/mol. The summed E-state index contributed by atoms with van der Waals surface area (Å²) in [6.45, 7) is 0. The molecule has 0 aliphatic heterocycles. The first-order valence-electron chi connectivity index (χ1n) is 20.9. The first-order chi connectivity index (χ1) is 30.7. The van der Waals surface area contributed by atoms with Gasteiger partial charge in [0.2, 0.25) is 11.9 Å². The van der Waals surface area contributed by atoms with E-state index in [2.05, 4.69) is 234 Å². The van der Waals surface area contributed by atoms with Crippen LogP contribution in [0.25, 0.3) is 111 Å². The summed E-state index contributed by atoms with van der Waals surface area (Å²) < 4.78 is 4.40. The number of para-hydroxylation sites is 3. The van der Waals surface area contributed by atoms with Crippen molar-refractivity contribution in [3.8, 4) is 67.8 Å². The number of hydrogen-bond donors (Lipinski definition) is 0. The Morgan fingerprint density at radius 3 is 1.11 bits per heavy atom. The Bertz CT molecular complexity index is 3570. The van der Waals surface area contributed by atoms with Crippen LogP contribution in [0, 0.1) is 0 Å². The second kappa shape index (κ2) is 14.7. The van der Waals surface area contributed by atoms with Crippen molar-refractivity contribution >= 4 is 43.6 Å². The lowest BCUT2D eigenvalue weighted by Crippen LogP contribution is -2.10. The van der Waals surface area contributed by atoms with E-state index in [0.29, 0.717) is 17.7 Å². The van der Waals surface area contributed by atoms with Gasteiger partial charge in [-0.05, 0) is 93.0 Å². The number of fused-ring (bicyclic) bond motifs is 6. The summed E-state index contributed by atoms with van der Waals surface area (Å²) in [5.41, 5.74) is 14.0. The molecule has 0 fully saturated rings. The molecule has 62 heavy (non-hydrogen) atoms. The van der Waals surface area contributed by atoms with E-state index < -0.39 is 0 Å². The third kappa shape index (κ3) is 6.06. The molecule has 290 valence electrons. The number of hydrogen-bond acceptors (Lipinski definition) is 3. The van der Waals surface area contributed by atoms with E-state index in [0.717, 1.165) is 88.1 Å². The fourth-order valence-electron chi connectivity index (χ4n) is 9.05. The number of aromatic nitrogens is 5. The second-order valence-electron chi connectivity index (χ2n) is 15.7. The Labute approximate surface area is 358 Å². The lowest BCUT2D eigenvalue weighted by molar-refractivity contribution is 0.893. The van der Waals surface area contributed by atoms with Gasteiger partial charge in [-0.2, -0.15) is 15.0 Å². The summed E-state index contributed by atoms with van der Waals surface area (Å²) in [6.07, 6.45) is 0. The molecule has 12 aromatic rings. The van der Waals surface area contributed by atoms with Gasteiger partial charge in [-0.3, -0.25) is 9.13 Å². The van der Waals surface area contributed by atoms with Gasteiger partial charge >= 0.3 is 0 Å². The predicted octanol–water partition coefficient (Wildman–Crippen LogP) is 14.4. The maximum Gasteiger partial charge on any atom is 0.240 e. The van der Waals surface area contributed by atoms with Gasteiger partial charge < -0.3 is 0 Å². The van der Waals surface area contributed by atoms with Gasteiger partial charge in [0, 0.05) is 27.1 Å². The highest BCUT2D eigenvalue weighted by molar-refractivity contribution is 6.11. The van der Waals surface area contributed by atoms with E-state index in [9.17, 15) is 0 Å². The summed E-state index contributed by atoms with van der Waals surface area (Å²) in [6, 6.07) is 79.4. The van der Waals surface area contributed by atoms with Gasteiger partial charge in [0.25, 0.3) is 0 Å². The topological polar surface area (TPSA) is 48.5 Å². The summed E-state index contributed by atoms with van der Waals surface area (Å²) in [7, 11) is 0. The van der Waals surface area contributed by atoms with E-state index in [1.54, 1.807) is 0 Å². The summed E-state index contributed by atoms with van der Waals surface area (Å²) in [5, 5.41) is 4.55. The highest BCUT2D eigenvalue weighted by Crippen LogP contribution is 2.38. The molecule has 3 heterocycles. The summed E-state index contributed by atoms with van der Waals surface area (Å²) in [4.78, 5) is 16.4. The largest absolute Gasteiger partial charge is 0.278 e. The fraction of sp³-hybridized carbons (Fsp3) is 0. The molecule has 0 aliphatic rings. The molecule has 0 amide bonds. The lowest BCUT2D eigenvalue weighted by Gasteiger charge is -2.15. The first-order valence-corrected chi connectivity index (χ1v) is 20.9. The van der Waals surface area contributed by atoms with E-state index in [4.69, 9.17) is 15.0 Å². The maximum atomic E-state index is 5.48. The average Bonchev–Trinajstić information content (AvgIpc) is 3.87. The minimum absolute atomic E-state index is 0.543. The van der Waals surface area contributed by atoms with E-state index in [1.807, 2.05) is 0 Å². The van der Waals surface area contributed by atoms with Crippen molar-refractivity contribution < 1.29 is 0 Å². The molecule has 5 nitrogen and oxygen atoms in total. The molecule has 0 aliphatic carbocycles. The normalized spacial score (nSPS) is 11.5. The van der Waals surface area contributed by atoms with Gasteiger partial charge in [-0.1, -0.05) is 176 Å². The van der Waals surface area contributed by atoms with Crippen molar-refractivity contribution in [3.05, 3.63) is 224 Å². The zero-order valence-electron chi connectivity index (χ0n) is 33.6. The van der Waals surface area contributed by atoms with Gasteiger partial charge in [0.15, 0.2) is 5.82 Å². The van der Waals surface area contributed by atoms with Crippen LogP contribution in [0.1, 0.15) is 0 Å². The van der Waals surface area contributed by atoms with Crippen LogP contribution in [0.3, 0.4) is 0 Å². The Kier molecular flexibility index (Phi) is 8.42. The van der Waals surface area contributed by atoms with Crippen molar-refractivity contribution in [2.45, 2.75) is 0 Å². The third-order valence-electron chi connectivity index (χ3n) is 12.0. The van der Waals surface area contributed by atoms with Crippen LogP contribution < -0.4 is 0 Å². The zero-order chi connectivity index (χ0) is 41.0. The third-order valence-corrected chi connectivity index (χ3v) is 12.0. The standard InChI is InChI=1S/C57H37N5/c1-4-17-38(18-5-1)41-23-16-24-42(33-41)45-34-44(40-21-8-3-9-22-40)35-46(36-45)55-58-56(61-51-28-13-10-25-47(51)48-26-11-14-29-52(48)61)60-57(59-55)62-53-30-15-12-27-49(53)50-32-31-43(37-54(50)62)39-19-6-2-7-20-39/h1-37H. The van der Waals surface area contributed by atoms with Crippen LogP contribution in [-0.4, -0.2) is 24.1 Å². The fourth-order valence-corrected chi connectivity index (χ4v) is 9.05. The molecule has 0 atom stereocenters. The van der Waals surface area contributed by atoms with Gasteiger partial charge in [-0.25, -0.2) is 0 Å². The van der Waals surface area contributed by atoms with Crippen molar-refractivity contribution in [2.75, 3.05) is 0 Å². The van der Waals surface area contributed by atoms with Crippen molar-refractivity contribution in [1.82, 2.24) is 24.1 Å². The molecule has 0 saturated carbocycles. The van der Waals surface area contributed by atoms with Crippen LogP contribution in [-0.2, 0) is 0 Å². The molecule has 5 heteroatoms. The highest BCUT2D eigenvalue weighted by atomic mass is 15.3. The van der Waals surface area contributed by atoms with Gasteiger partial charge in [0.05, 0.1) is 22.1 Å². The smallest absolute Gasteiger partial charge is 0.240 e. The van der Waals surface area contributed by atoms with Crippen LogP contribution in [0.5, 0.6) is 0 Å². The minimum atomic E-state index is 0.543. The quantitative estimate of drug-likeness (QED) is 0.162. The second-order valence-corrected chi connectivity index (χ2v) is 15.7. The minimum Gasteiger partial charge on any atom is -0.278 e. The molecular formula is C57H37N5. The monoisotopic (exact) mass is 791 g/mol. The molecular weight excluding hydrogens is 755 g/mol. The first kappa shape index (κ1) is 35.5. The molecule has 9 aromatic carbocycles. The Morgan fingerprint density at radius 2 is 0.581 bits per heavy atom. The van der Waals surface area contributed by atoms with Crippen LogP contribution in [0.4, 0.5) is 0 Å². The molecule has 0 unspecified atom stereocenters. The van der Waals surface area contributed by atoms with Crippen LogP contribution in [0.15, 0.2) is 224 Å². The molecule has 12 rings (SSSR count). The molecule has 0 radical (unpaired) electrons. The van der Waals surface area contributed by atoms with E-state index >= 15 is 0 Å². The van der Waals surface area contributed by atoms with Crippen LogP contribution >= 0.6 is 0 Å². The maximum absolute atomic E-state index is 5.48. The molecule has 0 N–H and O–H groups in total. The van der Waals surface area contributed by atoms with E-state index in [1.165, 1.54) is 5.56 Å². The van der Waals surface area contributed by atoms with Crippen molar-refractivity contribution in [2.24, 2.45) is 0 Å². The lowest BCUT2D eigenvalue weighted by atomic mass is 9.94. The molecule has 0 saturated heterocycles. The SMILES string of the molecule is c1ccc(-c2cccc(-c3cc(-c4ccccc4)cc(-c4nc(-n5c6ccccc6c6ccccc65)nc(-n5c6ccccc6c6ccc(-c7ccccc7)cc65)n4)c3)c2)cc1.